The lowest BCUT2D eigenvalue weighted by molar-refractivity contribution is 0.473. The number of hydrogen-bond donors (Lipinski definition) is 0. The van der Waals surface area contributed by atoms with Crippen molar-refractivity contribution in [2.45, 2.75) is 20.3 Å². The van der Waals surface area contributed by atoms with E-state index >= 15 is 0 Å². The van der Waals surface area contributed by atoms with Crippen LogP contribution < -0.4 is 0 Å². The molecule has 13 heavy (non-hydrogen) atoms. The van der Waals surface area contributed by atoms with Gasteiger partial charge < -0.3 is 4.90 Å². The Labute approximate surface area is 81.7 Å². The number of nitrogens with zero attached hydrogens (tertiary/aromatic N) is 2. The van der Waals surface area contributed by atoms with Crippen molar-refractivity contribution < 1.29 is 0 Å². The summed E-state index contributed by atoms with van der Waals surface area (Å²) in [5.41, 5.74) is 0. The monoisotopic (exact) mass is 180 g/mol. The van der Waals surface area contributed by atoms with E-state index < -0.39 is 0 Å². The first-order chi connectivity index (χ1) is 6.20. The molecule has 0 fully saturated rings. The average molecular weight is 180 g/mol. The van der Waals surface area contributed by atoms with E-state index in [1.807, 2.05) is 43.4 Å². The van der Waals surface area contributed by atoms with Gasteiger partial charge in [0.05, 0.1) is 0 Å². The molecule has 0 bridgehead atoms. The van der Waals surface area contributed by atoms with E-state index in [1.165, 1.54) is 0 Å². The molecule has 0 aliphatic carbocycles. The Bertz CT molecular complexity index is 183. The largest absolute Gasteiger partial charge is 0.362 e. The molecule has 0 N–H and O–H groups in total. The molecule has 0 aromatic carbocycles. The lowest BCUT2D eigenvalue weighted by atomic mass is 10.1. The first-order valence-electron chi connectivity index (χ1n) is 4.64. The second kappa shape index (κ2) is 7.59. The summed E-state index contributed by atoms with van der Waals surface area (Å²) in [6, 6.07) is 0. The molecule has 0 saturated carbocycles. The summed E-state index contributed by atoms with van der Waals surface area (Å²) in [5.74, 6) is 0.524. The molecule has 0 aliphatic heterocycles. The minimum absolute atomic E-state index is 0.524. The summed E-state index contributed by atoms with van der Waals surface area (Å²) in [6.07, 6.45) is 8.90. The fraction of sp³-hybridized carbons (Fsp3) is 0.545. The van der Waals surface area contributed by atoms with Crippen molar-refractivity contribution in [2.75, 3.05) is 13.7 Å². The van der Waals surface area contributed by atoms with Gasteiger partial charge in [-0.2, -0.15) is 0 Å². The van der Waals surface area contributed by atoms with Crippen molar-refractivity contribution in [1.82, 2.24) is 4.90 Å². The quantitative estimate of drug-likeness (QED) is 0.453. The van der Waals surface area contributed by atoms with Gasteiger partial charge >= 0.3 is 0 Å². The fourth-order valence-electron chi connectivity index (χ4n) is 0.825. The van der Waals surface area contributed by atoms with E-state index in [2.05, 4.69) is 18.5 Å². The van der Waals surface area contributed by atoms with Gasteiger partial charge in [-0.05, 0) is 25.5 Å². The Kier molecular flexibility index (Phi) is 6.98. The molecule has 0 aliphatic rings. The molecule has 1 atom stereocenters. The van der Waals surface area contributed by atoms with Gasteiger partial charge in [0.1, 0.15) is 6.67 Å². The summed E-state index contributed by atoms with van der Waals surface area (Å²) < 4.78 is 0. The van der Waals surface area contributed by atoms with Gasteiger partial charge in [0, 0.05) is 13.3 Å². The van der Waals surface area contributed by atoms with Crippen LogP contribution in [-0.2, 0) is 0 Å². The third-order valence-electron chi connectivity index (χ3n) is 1.72. The van der Waals surface area contributed by atoms with Crippen LogP contribution in [-0.4, -0.2) is 24.8 Å². The molecule has 0 heterocycles. The van der Waals surface area contributed by atoms with Crippen molar-refractivity contribution in [3.63, 3.8) is 0 Å². The molecule has 0 saturated heterocycles. The van der Waals surface area contributed by atoms with Crippen molar-refractivity contribution in [3.8, 4) is 0 Å². The van der Waals surface area contributed by atoms with E-state index in [1.54, 1.807) is 0 Å². The van der Waals surface area contributed by atoms with E-state index in [9.17, 15) is 0 Å². The van der Waals surface area contributed by atoms with Crippen LogP contribution in [0.25, 0.3) is 0 Å². The Morgan fingerprint density at radius 2 is 2.23 bits per heavy atom. The predicted molar refractivity (Wildman–Crippen MR) is 59.9 cm³/mol. The van der Waals surface area contributed by atoms with E-state index in [-0.39, 0.29) is 0 Å². The standard InChI is InChI=1S/C11H20N2/c1-5-9-13(4)10-12-8-7-11(3)6-2/h5-6,8-9,11H,2,7,10H2,1,3-4H3/b9-5-,12-8-. The van der Waals surface area contributed by atoms with Gasteiger partial charge in [-0.3, -0.25) is 4.99 Å². The normalized spacial score (nSPS) is 13.8. The maximum absolute atomic E-state index is 4.28. The molecule has 0 amide bonds. The highest BCUT2D eigenvalue weighted by molar-refractivity contribution is 5.57. The number of aliphatic imine (C=N–C) groups is 1. The Morgan fingerprint density at radius 1 is 1.54 bits per heavy atom. The van der Waals surface area contributed by atoms with Crippen molar-refractivity contribution in [3.05, 3.63) is 24.9 Å². The molecule has 2 heteroatoms. The summed E-state index contributed by atoms with van der Waals surface area (Å²) in [6.45, 7) is 8.58. The Morgan fingerprint density at radius 3 is 2.77 bits per heavy atom. The first kappa shape index (κ1) is 11.9. The number of hydrogen-bond acceptors (Lipinski definition) is 2. The van der Waals surface area contributed by atoms with Crippen LogP contribution in [0.15, 0.2) is 29.9 Å². The highest BCUT2D eigenvalue weighted by Gasteiger charge is 1.90. The zero-order valence-corrected chi connectivity index (χ0v) is 8.90. The maximum atomic E-state index is 4.28. The van der Waals surface area contributed by atoms with Crippen molar-refractivity contribution >= 4 is 6.21 Å². The van der Waals surface area contributed by atoms with Gasteiger partial charge in [-0.25, -0.2) is 0 Å². The van der Waals surface area contributed by atoms with Gasteiger partial charge in [0.2, 0.25) is 0 Å². The molecule has 0 aromatic rings. The summed E-state index contributed by atoms with van der Waals surface area (Å²) >= 11 is 0. The highest BCUT2D eigenvalue weighted by atomic mass is 15.1. The van der Waals surface area contributed by atoms with E-state index in [4.69, 9.17) is 0 Å². The van der Waals surface area contributed by atoms with Crippen LogP contribution in [0, 0.1) is 5.92 Å². The minimum atomic E-state index is 0.524. The molecule has 1 unspecified atom stereocenters. The molecule has 0 aromatic heterocycles. The van der Waals surface area contributed by atoms with E-state index in [0.717, 1.165) is 13.1 Å². The number of allylic oxidation sites excluding steroid dienone is 2. The number of rotatable bonds is 6. The van der Waals surface area contributed by atoms with Crippen molar-refractivity contribution in [1.29, 1.82) is 0 Å². The third kappa shape index (κ3) is 7.32. The molecule has 2 nitrogen and oxygen atoms in total. The van der Waals surface area contributed by atoms with Crippen LogP contribution in [0.2, 0.25) is 0 Å². The molecular formula is C11H20N2. The second-order valence-electron chi connectivity index (χ2n) is 3.19. The molecular weight excluding hydrogens is 160 g/mol. The summed E-state index contributed by atoms with van der Waals surface area (Å²) in [4.78, 5) is 6.32. The van der Waals surface area contributed by atoms with Gasteiger partial charge in [-0.15, -0.1) is 6.58 Å². The lowest BCUT2D eigenvalue weighted by Gasteiger charge is -2.09. The van der Waals surface area contributed by atoms with E-state index in [0.29, 0.717) is 5.92 Å². The van der Waals surface area contributed by atoms with Crippen LogP contribution in [0.3, 0.4) is 0 Å². The second-order valence-corrected chi connectivity index (χ2v) is 3.19. The van der Waals surface area contributed by atoms with Crippen LogP contribution in [0.5, 0.6) is 0 Å². The fourth-order valence-corrected chi connectivity index (χ4v) is 0.825. The van der Waals surface area contributed by atoms with Crippen molar-refractivity contribution in [2.24, 2.45) is 10.9 Å². The smallest absolute Gasteiger partial charge is 0.109 e. The van der Waals surface area contributed by atoms with Crippen LogP contribution in [0.1, 0.15) is 20.3 Å². The molecule has 0 spiro atoms. The molecule has 0 rings (SSSR count). The maximum Gasteiger partial charge on any atom is 0.109 e. The van der Waals surface area contributed by atoms with Gasteiger partial charge in [0.25, 0.3) is 0 Å². The SMILES string of the molecule is C=CC(C)C/C=N\CN(C)/C=C\C. The Hall–Kier alpha value is -1.05. The zero-order valence-electron chi connectivity index (χ0n) is 8.90. The molecule has 74 valence electrons. The summed E-state index contributed by atoms with van der Waals surface area (Å²) in [7, 11) is 2.01. The summed E-state index contributed by atoms with van der Waals surface area (Å²) in [5, 5.41) is 0. The highest BCUT2D eigenvalue weighted by Crippen LogP contribution is 1.98. The Balaban J connectivity index is 3.56. The van der Waals surface area contributed by atoms with Crippen LogP contribution in [0.4, 0.5) is 0 Å². The minimum Gasteiger partial charge on any atom is -0.362 e. The topological polar surface area (TPSA) is 15.6 Å². The lowest BCUT2D eigenvalue weighted by Crippen LogP contribution is -2.10. The van der Waals surface area contributed by atoms with Crippen LogP contribution >= 0.6 is 0 Å². The molecule has 0 radical (unpaired) electrons. The van der Waals surface area contributed by atoms with Gasteiger partial charge in [-0.1, -0.05) is 19.1 Å². The first-order valence-corrected chi connectivity index (χ1v) is 4.64. The third-order valence-corrected chi connectivity index (χ3v) is 1.72. The average Bonchev–Trinajstić information content (AvgIpc) is 2.12. The predicted octanol–water partition coefficient (Wildman–Crippen LogP) is 2.69. The van der Waals surface area contributed by atoms with Gasteiger partial charge in [0.15, 0.2) is 0 Å². The zero-order chi connectivity index (χ0) is 10.1.